The van der Waals surface area contributed by atoms with Crippen LogP contribution in [0.2, 0.25) is 0 Å². The first-order valence-corrected chi connectivity index (χ1v) is 11.2. The van der Waals surface area contributed by atoms with E-state index in [1.54, 1.807) is 18.2 Å². The first-order chi connectivity index (χ1) is 14.5. The van der Waals surface area contributed by atoms with Gasteiger partial charge in [-0.05, 0) is 67.0 Å². The lowest BCUT2D eigenvalue weighted by atomic mass is 9.95. The standard InChI is InChI=1S/C22H20FNO4S2/c1-27-22(26)19-16-4-2-3-5-17(16)30-21(19)24-20(25)18-10-13(12-29-18)11-28-15-8-6-14(23)7-9-15/h6-10,12H,2-5,11H2,1H3,(H,24,25). The summed E-state index contributed by atoms with van der Waals surface area (Å²) in [5, 5.41) is 5.30. The topological polar surface area (TPSA) is 64.6 Å². The average Bonchev–Trinajstić information content (AvgIpc) is 3.37. The van der Waals surface area contributed by atoms with Crippen molar-refractivity contribution in [3.05, 3.63) is 68.0 Å². The van der Waals surface area contributed by atoms with Crippen molar-refractivity contribution in [2.45, 2.75) is 32.3 Å². The van der Waals surface area contributed by atoms with Gasteiger partial charge in [-0.2, -0.15) is 0 Å². The van der Waals surface area contributed by atoms with Crippen LogP contribution in [-0.2, 0) is 24.2 Å². The maximum atomic E-state index is 13.0. The molecule has 0 radical (unpaired) electrons. The molecule has 156 valence electrons. The molecular formula is C22H20FNO4S2. The fraction of sp³-hybridized carbons (Fsp3) is 0.273. The number of thiophene rings is 2. The van der Waals surface area contributed by atoms with Gasteiger partial charge in [0.05, 0.1) is 17.6 Å². The second-order valence-corrected chi connectivity index (χ2v) is 8.94. The third-order valence-corrected chi connectivity index (χ3v) is 7.07. The molecule has 0 unspecified atom stereocenters. The van der Waals surface area contributed by atoms with Crippen LogP contribution in [0.1, 0.15) is 48.9 Å². The van der Waals surface area contributed by atoms with Crippen molar-refractivity contribution in [2.24, 2.45) is 0 Å². The van der Waals surface area contributed by atoms with E-state index in [0.717, 1.165) is 41.7 Å². The number of ether oxygens (including phenoxy) is 2. The Morgan fingerprint density at radius 2 is 1.93 bits per heavy atom. The van der Waals surface area contributed by atoms with Crippen LogP contribution in [0.25, 0.3) is 0 Å². The Morgan fingerprint density at radius 3 is 2.70 bits per heavy atom. The third kappa shape index (κ3) is 4.39. The lowest BCUT2D eigenvalue weighted by Gasteiger charge is -2.11. The summed E-state index contributed by atoms with van der Waals surface area (Å²) in [6.45, 7) is 0.274. The first kappa shape index (κ1) is 20.6. The Balaban J connectivity index is 1.46. The zero-order chi connectivity index (χ0) is 21.1. The maximum absolute atomic E-state index is 13.0. The van der Waals surface area contributed by atoms with E-state index >= 15 is 0 Å². The number of hydrogen-bond acceptors (Lipinski definition) is 6. The maximum Gasteiger partial charge on any atom is 0.341 e. The SMILES string of the molecule is COC(=O)c1c(NC(=O)c2cc(COc3ccc(F)cc3)cs2)sc2c1CCCC2. The van der Waals surface area contributed by atoms with Gasteiger partial charge in [0.2, 0.25) is 0 Å². The number of carbonyl (C=O) groups excluding carboxylic acids is 2. The number of benzene rings is 1. The highest BCUT2D eigenvalue weighted by atomic mass is 32.1. The summed E-state index contributed by atoms with van der Waals surface area (Å²) >= 11 is 2.77. The number of halogens is 1. The van der Waals surface area contributed by atoms with E-state index in [1.165, 1.54) is 41.9 Å². The largest absolute Gasteiger partial charge is 0.489 e. The van der Waals surface area contributed by atoms with E-state index in [0.29, 0.717) is 21.2 Å². The van der Waals surface area contributed by atoms with Crippen molar-refractivity contribution in [1.82, 2.24) is 0 Å². The number of aryl methyl sites for hydroxylation is 1. The third-order valence-electron chi connectivity index (χ3n) is 4.88. The number of hydrogen-bond donors (Lipinski definition) is 1. The number of rotatable bonds is 6. The van der Waals surface area contributed by atoms with Crippen molar-refractivity contribution >= 4 is 39.6 Å². The second-order valence-electron chi connectivity index (χ2n) is 6.92. The van der Waals surface area contributed by atoms with Gasteiger partial charge in [0, 0.05) is 10.4 Å². The van der Waals surface area contributed by atoms with Crippen LogP contribution in [0.4, 0.5) is 9.39 Å². The molecule has 1 amide bonds. The predicted molar refractivity (Wildman–Crippen MR) is 115 cm³/mol. The normalized spacial score (nSPS) is 12.9. The van der Waals surface area contributed by atoms with Crippen LogP contribution >= 0.6 is 22.7 Å². The molecule has 0 saturated carbocycles. The molecule has 8 heteroatoms. The minimum Gasteiger partial charge on any atom is -0.489 e. The molecule has 1 aliphatic rings. The van der Waals surface area contributed by atoms with Crippen molar-refractivity contribution in [3.63, 3.8) is 0 Å². The molecule has 0 saturated heterocycles. The van der Waals surface area contributed by atoms with Gasteiger partial charge in [0.15, 0.2) is 0 Å². The van der Waals surface area contributed by atoms with Gasteiger partial charge in [-0.25, -0.2) is 9.18 Å². The van der Waals surface area contributed by atoms with E-state index in [9.17, 15) is 14.0 Å². The van der Waals surface area contributed by atoms with E-state index in [4.69, 9.17) is 9.47 Å². The van der Waals surface area contributed by atoms with Gasteiger partial charge in [-0.15, -0.1) is 22.7 Å². The Morgan fingerprint density at radius 1 is 1.17 bits per heavy atom. The average molecular weight is 446 g/mol. The molecular weight excluding hydrogens is 425 g/mol. The van der Waals surface area contributed by atoms with E-state index in [1.807, 2.05) is 5.38 Å². The molecule has 30 heavy (non-hydrogen) atoms. The van der Waals surface area contributed by atoms with Crippen LogP contribution in [0.3, 0.4) is 0 Å². The van der Waals surface area contributed by atoms with Crippen LogP contribution in [0, 0.1) is 5.82 Å². The van der Waals surface area contributed by atoms with Gasteiger partial charge in [0.1, 0.15) is 23.2 Å². The summed E-state index contributed by atoms with van der Waals surface area (Å²) in [7, 11) is 1.35. The summed E-state index contributed by atoms with van der Waals surface area (Å²) < 4.78 is 23.6. The van der Waals surface area contributed by atoms with Crippen LogP contribution < -0.4 is 10.1 Å². The molecule has 0 bridgehead atoms. The van der Waals surface area contributed by atoms with Gasteiger partial charge in [-0.3, -0.25) is 4.79 Å². The minimum absolute atomic E-state index is 0.267. The monoisotopic (exact) mass is 445 g/mol. The predicted octanol–water partition coefficient (Wildman–Crippen LogP) is 5.45. The molecule has 0 fully saturated rings. The fourth-order valence-electron chi connectivity index (χ4n) is 3.40. The summed E-state index contributed by atoms with van der Waals surface area (Å²) in [5.74, 6) is -0.444. The lowest BCUT2D eigenvalue weighted by molar-refractivity contribution is 0.0601. The summed E-state index contributed by atoms with van der Waals surface area (Å²) in [5.41, 5.74) is 2.34. The zero-order valence-electron chi connectivity index (χ0n) is 16.3. The van der Waals surface area contributed by atoms with E-state index in [2.05, 4.69) is 5.32 Å². The van der Waals surface area contributed by atoms with Crippen LogP contribution in [0.5, 0.6) is 5.75 Å². The van der Waals surface area contributed by atoms with Crippen molar-refractivity contribution in [3.8, 4) is 5.75 Å². The van der Waals surface area contributed by atoms with Crippen molar-refractivity contribution in [1.29, 1.82) is 0 Å². The molecule has 1 N–H and O–H groups in total. The molecule has 0 spiro atoms. The lowest BCUT2D eigenvalue weighted by Crippen LogP contribution is -2.14. The Hall–Kier alpha value is -2.71. The molecule has 3 aromatic rings. The van der Waals surface area contributed by atoms with E-state index in [-0.39, 0.29) is 18.3 Å². The summed E-state index contributed by atoms with van der Waals surface area (Å²) in [6, 6.07) is 7.54. The smallest absolute Gasteiger partial charge is 0.341 e. The van der Waals surface area contributed by atoms with E-state index < -0.39 is 5.97 Å². The molecule has 1 aromatic carbocycles. The highest BCUT2D eigenvalue weighted by molar-refractivity contribution is 7.17. The van der Waals surface area contributed by atoms with Crippen LogP contribution in [0.15, 0.2) is 35.7 Å². The molecule has 5 nitrogen and oxygen atoms in total. The number of fused-ring (bicyclic) bond motifs is 1. The molecule has 0 aliphatic heterocycles. The summed E-state index contributed by atoms with van der Waals surface area (Å²) in [6.07, 6.45) is 3.87. The van der Waals surface area contributed by atoms with Gasteiger partial charge < -0.3 is 14.8 Å². The molecule has 0 atom stereocenters. The molecule has 2 aromatic heterocycles. The number of anilines is 1. The van der Waals surface area contributed by atoms with Gasteiger partial charge in [-0.1, -0.05) is 0 Å². The zero-order valence-corrected chi connectivity index (χ0v) is 18.0. The Bertz CT molecular complexity index is 1070. The van der Waals surface area contributed by atoms with Crippen molar-refractivity contribution in [2.75, 3.05) is 12.4 Å². The number of esters is 1. The second kappa shape index (κ2) is 8.97. The fourth-order valence-corrected chi connectivity index (χ4v) is 5.47. The molecule has 2 heterocycles. The number of amides is 1. The van der Waals surface area contributed by atoms with Crippen molar-refractivity contribution < 1.29 is 23.5 Å². The quantitative estimate of drug-likeness (QED) is 0.513. The van der Waals surface area contributed by atoms with Crippen LogP contribution in [-0.4, -0.2) is 19.0 Å². The number of carbonyl (C=O) groups is 2. The number of methoxy groups -OCH3 is 1. The van der Waals surface area contributed by atoms with Gasteiger partial charge >= 0.3 is 5.97 Å². The highest BCUT2D eigenvalue weighted by Gasteiger charge is 2.27. The Kier molecular flexibility index (Phi) is 6.15. The highest BCUT2D eigenvalue weighted by Crippen LogP contribution is 2.39. The number of nitrogens with one attached hydrogen (secondary N) is 1. The molecule has 1 aliphatic carbocycles. The first-order valence-electron chi connectivity index (χ1n) is 9.55. The minimum atomic E-state index is -0.413. The molecule has 4 rings (SSSR count). The Labute approximate surface area is 181 Å². The van der Waals surface area contributed by atoms with Gasteiger partial charge in [0.25, 0.3) is 5.91 Å². The summed E-state index contributed by atoms with van der Waals surface area (Å²) in [4.78, 5) is 26.8.